The quantitative estimate of drug-likeness (QED) is 0.186. The van der Waals surface area contributed by atoms with Crippen LogP contribution in [-0.4, -0.2) is 33.7 Å². The van der Waals surface area contributed by atoms with E-state index in [1.807, 2.05) is 67.6 Å². The molecular formula is C38H32BrN3O6. The monoisotopic (exact) mass is 705 g/mol. The molecule has 3 aromatic carbocycles. The molecule has 0 unspecified atom stereocenters. The number of nitrogens with one attached hydrogen (secondary N) is 1. The number of hydrogen-bond donors (Lipinski definition) is 2. The van der Waals surface area contributed by atoms with Gasteiger partial charge in [-0.05, 0) is 79.8 Å². The summed E-state index contributed by atoms with van der Waals surface area (Å²) < 4.78 is 7.05. The predicted molar refractivity (Wildman–Crippen MR) is 180 cm³/mol. The smallest absolute Gasteiger partial charge is 0.260 e. The van der Waals surface area contributed by atoms with Crippen LogP contribution in [0.5, 0.6) is 0 Å². The van der Waals surface area contributed by atoms with Crippen LogP contribution < -0.4 is 10.3 Å². The normalized spacial score (nSPS) is 27.9. The molecule has 2 saturated heterocycles. The van der Waals surface area contributed by atoms with Gasteiger partial charge in [0.15, 0.2) is 0 Å². The number of nitrogens with zero attached hydrogens (tertiary/aromatic N) is 2. The second kappa shape index (κ2) is 11.4. The summed E-state index contributed by atoms with van der Waals surface area (Å²) in [7, 11) is 0. The number of imide groups is 2. The highest BCUT2D eigenvalue weighted by Gasteiger charge is 2.71. The second-order valence-electron chi connectivity index (χ2n) is 13.0. The Bertz CT molecular complexity index is 1990. The van der Waals surface area contributed by atoms with Crippen LogP contribution >= 0.6 is 15.9 Å². The number of allylic oxidation sites excluding steroid dienone is 2. The number of hydrogen-bond acceptors (Lipinski definition) is 7. The van der Waals surface area contributed by atoms with E-state index in [-0.39, 0.29) is 24.8 Å². The molecule has 0 radical (unpaired) electrons. The fraction of sp³-hybridized carbons (Fsp3) is 0.263. The Morgan fingerprint density at radius 2 is 1.60 bits per heavy atom. The van der Waals surface area contributed by atoms with Gasteiger partial charge in [0, 0.05) is 4.47 Å². The molecular weight excluding hydrogens is 674 g/mol. The molecule has 10 heteroatoms. The first kappa shape index (κ1) is 30.5. The van der Waals surface area contributed by atoms with E-state index in [1.54, 1.807) is 36.4 Å². The number of amides is 4. The number of furan rings is 1. The van der Waals surface area contributed by atoms with Gasteiger partial charge in [0.25, 0.3) is 11.8 Å². The number of carbonyl (C=O) groups excluding carboxylic acids is 4. The van der Waals surface area contributed by atoms with Gasteiger partial charge in [-0.3, -0.25) is 29.5 Å². The predicted octanol–water partition coefficient (Wildman–Crippen LogP) is 6.03. The molecule has 4 aromatic rings. The molecule has 48 heavy (non-hydrogen) atoms. The molecule has 242 valence electrons. The number of aliphatic hydroxyl groups is 1. The molecule has 1 aromatic heterocycles. The molecule has 2 aliphatic carbocycles. The Labute approximate surface area is 285 Å². The summed E-state index contributed by atoms with van der Waals surface area (Å²) in [4.78, 5) is 59.2. The van der Waals surface area contributed by atoms with Crippen molar-refractivity contribution in [1.29, 1.82) is 0 Å². The molecule has 8 rings (SSSR count). The van der Waals surface area contributed by atoms with Gasteiger partial charge in [-0.25, -0.2) is 0 Å². The van der Waals surface area contributed by atoms with Crippen molar-refractivity contribution in [3.05, 3.63) is 130 Å². The zero-order chi connectivity index (χ0) is 33.3. The maximum Gasteiger partial charge on any atom is 0.260 e. The van der Waals surface area contributed by atoms with E-state index in [9.17, 15) is 19.5 Å². The van der Waals surface area contributed by atoms with Crippen LogP contribution in [-0.2, 0) is 31.2 Å². The van der Waals surface area contributed by atoms with Crippen molar-refractivity contribution in [2.24, 2.45) is 23.7 Å². The summed E-state index contributed by atoms with van der Waals surface area (Å²) in [5, 5.41) is 11.1. The molecule has 2 aliphatic heterocycles. The molecule has 3 fully saturated rings. The van der Waals surface area contributed by atoms with Gasteiger partial charge in [0.05, 0.1) is 35.0 Å². The van der Waals surface area contributed by atoms with Gasteiger partial charge < -0.3 is 9.52 Å². The Hall–Kier alpha value is -4.80. The van der Waals surface area contributed by atoms with Gasteiger partial charge in [0.1, 0.15) is 23.5 Å². The average Bonchev–Trinajstić information content (AvgIpc) is 3.74. The van der Waals surface area contributed by atoms with E-state index in [2.05, 4.69) is 21.4 Å². The lowest BCUT2D eigenvalue weighted by Gasteiger charge is -2.49. The number of aryl methyl sites for hydroxylation is 1. The lowest BCUT2D eigenvalue weighted by molar-refractivity contribution is -0.138. The zero-order valence-corrected chi connectivity index (χ0v) is 27.6. The van der Waals surface area contributed by atoms with Crippen molar-refractivity contribution < 1.29 is 28.7 Å². The SMILES string of the molecule is Cc1ccc(NN2C(=O)[C@@H]3C[C@@H]4C(=CC[C@@H]5C(=O)N(c6ccc(Br)cc6)C(=O)[C@@H]54)[C@H](c4ccc(CO)o4)[C@]3(c3ccccc3)C2=O)cc1. The van der Waals surface area contributed by atoms with Gasteiger partial charge >= 0.3 is 0 Å². The summed E-state index contributed by atoms with van der Waals surface area (Å²) in [6, 6.07) is 27.2. The molecule has 6 atom stereocenters. The maximum absolute atomic E-state index is 15.1. The Morgan fingerprint density at radius 3 is 2.29 bits per heavy atom. The van der Waals surface area contributed by atoms with Crippen molar-refractivity contribution in [2.45, 2.75) is 37.7 Å². The van der Waals surface area contributed by atoms with Gasteiger partial charge in [-0.2, -0.15) is 5.01 Å². The third kappa shape index (κ3) is 4.39. The van der Waals surface area contributed by atoms with Crippen LogP contribution in [0.2, 0.25) is 0 Å². The van der Waals surface area contributed by atoms with Crippen LogP contribution in [0.4, 0.5) is 11.4 Å². The Balaban J connectivity index is 1.30. The number of halogens is 1. The summed E-state index contributed by atoms with van der Waals surface area (Å²) in [6.45, 7) is 1.62. The minimum atomic E-state index is -1.42. The lowest BCUT2D eigenvalue weighted by Crippen LogP contribution is -2.53. The van der Waals surface area contributed by atoms with Crippen LogP contribution in [0.1, 0.15) is 41.4 Å². The molecule has 3 heterocycles. The highest BCUT2D eigenvalue weighted by Crippen LogP contribution is 2.64. The number of aliphatic hydroxyl groups excluding tert-OH is 1. The lowest BCUT2D eigenvalue weighted by atomic mass is 9.50. The highest BCUT2D eigenvalue weighted by atomic mass is 79.9. The van der Waals surface area contributed by atoms with Crippen molar-refractivity contribution in [3.8, 4) is 0 Å². The van der Waals surface area contributed by atoms with Gasteiger partial charge in [-0.1, -0.05) is 75.6 Å². The maximum atomic E-state index is 15.1. The van der Waals surface area contributed by atoms with E-state index in [0.29, 0.717) is 34.9 Å². The first-order valence-electron chi connectivity index (χ1n) is 16.0. The van der Waals surface area contributed by atoms with Crippen LogP contribution in [0.15, 0.2) is 112 Å². The van der Waals surface area contributed by atoms with E-state index in [1.165, 1.54) is 4.90 Å². The van der Waals surface area contributed by atoms with Crippen molar-refractivity contribution in [2.75, 3.05) is 10.3 Å². The van der Waals surface area contributed by atoms with Gasteiger partial charge in [-0.15, -0.1) is 0 Å². The Kier molecular flexibility index (Phi) is 7.26. The van der Waals surface area contributed by atoms with E-state index < -0.39 is 46.8 Å². The highest BCUT2D eigenvalue weighted by molar-refractivity contribution is 9.10. The molecule has 1 saturated carbocycles. The van der Waals surface area contributed by atoms with E-state index >= 15 is 4.79 Å². The number of anilines is 2. The second-order valence-corrected chi connectivity index (χ2v) is 14.0. The third-order valence-corrected chi connectivity index (χ3v) is 11.1. The van der Waals surface area contributed by atoms with Crippen molar-refractivity contribution >= 4 is 50.9 Å². The summed E-state index contributed by atoms with van der Waals surface area (Å²) in [6.07, 6.45) is 2.49. The standard InChI is InChI=1S/C38H32BrN3O6/c1-21-7-11-24(12-8-21)40-42-35(45)30-19-29-27(16-17-28-32(29)36(46)41(34(28)44)25-13-9-23(39)10-14-25)33(31-18-15-26(20-43)48-31)38(30,37(42)47)22-5-3-2-4-6-22/h2-16,18,28-30,32-33,40,43H,17,19-20H2,1H3/t28-,29+,30-,32-,33+,38+/m0/s1. The summed E-state index contributed by atoms with van der Waals surface area (Å²) >= 11 is 3.43. The summed E-state index contributed by atoms with van der Waals surface area (Å²) in [5.41, 5.74) is 5.23. The minimum Gasteiger partial charge on any atom is -0.463 e. The number of rotatable bonds is 6. The molecule has 0 spiro atoms. The van der Waals surface area contributed by atoms with Crippen molar-refractivity contribution in [1.82, 2.24) is 5.01 Å². The fourth-order valence-corrected chi connectivity index (χ4v) is 8.80. The summed E-state index contributed by atoms with van der Waals surface area (Å²) in [5.74, 6) is -4.17. The number of hydrazine groups is 1. The van der Waals surface area contributed by atoms with E-state index in [4.69, 9.17) is 4.42 Å². The largest absolute Gasteiger partial charge is 0.463 e. The van der Waals surface area contributed by atoms with Gasteiger partial charge in [0.2, 0.25) is 11.8 Å². The molecule has 4 aliphatic rings. The third-order valence-electron chi connectivity index (χ3n) is 10.6. The van der Waals surface area contributed by atoms with Crippen LogP contribution in [0.25, 0.3) is 0 Å². The average molecular weight is 707 g/mol. The Morgan fingerprint density at radius 1 is 0.875 bits per heavy atom. The van der Waals surface area contributed by atoms with E-state index in [0.717, 1.165) is 20.6 Å². The fourth-order valence-electron chi connectivity index (χ4n) is 8.53. The zero-order valence-electron chi connectivity index (χ0n) is 26.0. The first-order chi connectivity index (χ1) is 23.2. The number of carbonyl (C=O) groups is 4. The van der Waals surface area contributed by atoms with Crippen molar-refractivity contribution in [3.63, 3.8) is 0 Å². The van der Waals surface area contributed by atoms with Crippen LogP contribution in [0, 0.1) is 30.6 Å². The molecule has 0 bridgehead atoms. The number of benzene rings is 3. The number of fused-ring (bicyclic) bond motifs is 4. The molecule has 2 N–H and O–H groups in total. The first-order valence-corrected chi connectivity index (χ1v) is 16.8. The topological polar surface area (TPSA) is 120 Å². The van der Waals surface area contributed by atoms with Crippen LogP contribution in [0.3, 0.4) is 0 Å². The molecule has 4 amide bonds. The minimum absolute atomic E-state index is 0.190. The molecule has 9 nitrogen and oxygen atoms in total.